The van der Waals surface area contributed by atoms with Crippen LogP contribution in [0, 0.1) is 24.4 Å². The van der Waals surface area contributed by atoms with E-state index in [1.54, 1.807) is 13.1 Å². The van der Waals surface area contributed by atoms with Gasteiger partial charge in [-0.05, 0) is 48.7 Å². The fourth-order valence-corrected chi connectivity index (χ4v) is 5.49. The predicted molar refractivity (Wildman–Crippen MR) is 143 cm³/mol. The van der Waals surface area contributed by atoms with Gasteiger partial charge in [-0.2, -0.15) is 0 Å². The van der Waals surface area contributed by atoms with Gasteiger partial charge in [0.1, 0.15) is 29.1 Å². The number of aryl methyl sites for hydroxylation is 1. The molecule has 0 spiro atoms. The molecule has 2 aromatic heterocycles. The number of piperidine rings is 1. The van der Waals surface area contributed by atoms with Gasteiger partial charge < -0.3 is 30.4 Å². The van der Waals surface area contributed by atoms with Crippen molar-refractivity contribution in [3.05, 3.63) is 59.5 Å². The molecule has 39 heavy (non-hydrogen) atoms. The molecule has 0 saturated carbocycles. The summed E-state index contributed by atoms with van der Waals surface area (Å²) in [4.78, 5) is 17.0. The molecule has 4 aromatic rings. The van der Waals surface area contributed by atoms with Crippen LogP contribution in [0.25, 0.3) is 33.5 Å². The number of aromatic nitrogens is 3. The largest absolute Gasteiger partial charge is 0.390 e. The Morgan fingerprint density at radius 2 is 1.72 bits per heavy atom. The Morgan fingerprint density at radius 3 is 2.44 bits per heavy atom. The summed E-state index contributed by atoms with van der Waals surface area (Å²) >= 11 is 0. The number of benzene rings is 2. The van der Waals surface area contributed by atoms with Gasteiger partial charge >= 0.3 is 0 Å². The number of pyridine rings is 1. The van der Waals surface area contributed by atoms with Crippen LogP contribution < -0.4 is 15.5 Å². The van der Waals surface area contributed by atoms with E-state index < -0.39 is 23.8 Å². The molecule has 0 bridgehead atoms. The summed E-state index contributed by atoms with van der Waals surface area (Å²) in [6.45, 7) is 4.66. The first-order valence-electron chi connectivity index (χ1n) is 13.0. The lowest BCUT2D eigenvalue weighted by molar-refractivity contribution is 0.122. The summed E-state index contributed by atoms with van der Waals surface area (Å²) < 4.78 is 48.7. The third kappa shape index (κ3) is 4.81. The Balaban J connectivity index is 1.65. The number of hydrogen-bond donors (Lipinski definition) is 3. The molecule has 0 unspecified atom stereocenters. The minimum atomic E-state index is -0.810. The van der Waals surface area contributed by atoms with E-state index in [0.717, 1.165) is 6.07 Å². The first-order valence-corrected chi connectivity index (χ1v) is 13.0. The van der Waals surface area contributed by atoms with Gasteiger partial charge in [-0.15, -0.1) is 0 Å². The van der Waals surface area contributed by atoms with Crippen molar-refractivity contribution in [3.8, 4) is 22.5 Å². The Morgan fingerprint density at radius 1 is 1.00 bits per heavy atom. The average Bonchev–Trinajstić information content (AvgIpc) is 3.33. The molecule has 4 N–H and O–H groups in total. The standard InChI is InChI=1S/C28H29F3N6O2/c1-15-8-17(29)12-22-25(15)35-27(34-22)24-26(37-3-2-21(32)23(38)14-37)20(16-9-18(30)11-19(31)10-16)13-33-28(24)36-4-6-39-7-5-36/h8-13,21,23,38H,2-7,14,32H2,1H3,(H,34,35)/t21-,23+/m1/s1. The minimum Gasteiger partial charge on any atom is -0.390 e. The Hall–Kier alpha value is -3.67. The smallest absolute Gasteiger partial charge is 0.144 e. The molecule has 8 nitrogen and oxygen atoms in total. The van der Waals surface area contributed by atoms with Crippen molar-refractivity contribution >= 4 is 22.5 Å². The van der Waals surface area contributed by atoms with Crippen molar-refractivity contribution in [3.63, 3.8) is 0 Å². The van der Waals surface area contributed by atoms with Gasteiger partial charge in [0.15, 0.2) is 0 Å². The molecular formula is C28H29F3N6O2. The molecule has 2 atom stereocenters. The Labute approximate surface area is 223 Å². The molecule has 11 heteroatoms. The maximum absolute atomic E-state index is 14.4. The number of halogens is 3. The summed E-state index contributed by atoms with van der Waals surface area (Å²) in [5, 5.41) is 10.7. The van der Waals surface area contributed by atoms with E-state index in [9.17, 15) is 18.3 Å². The SMILES string of the molecule is Cc1cc(F)cc2[nH]c(-c3c(N4CCOCC4)ncc(-c4cc(F)cc(F)c4)c3N3CC[C@@H](N)[C@@H](O)C3)nc12. The highest BCUT2D eigenvalue weighted by Crippen LogP contribution is 2.45. The van der Waals surface area contributed by atoms with E-state index in [0.29, 0.717) is 89.9 Å². The number of anilines is 2. The molecule has 6 rings (SSSR count). The number of nitrogens with zero attached hydrogens (tertiary/aromatic N) is 4. The lowest BCUT2D eigenvalue weighted by Gasteiger charge is -2.39. The van der Waals surface area contributed by atoms with Gasteiger partial charge in [-0.3, -0.25) is 0 Å². The number of ether oxygens (including phenoxy) is 1. The molecule has 2 fully saturated rings. The van der Waals surface area contributed by atoms with Crippen molar-refractivity contribution in [2.75, 3.05) is 49.2 Å². The van der Waals surface area contributed by atoms with Gasteiger partial charge in [-0.1, -0.05) is 0 Å². The summed E-state index contributed by atoms with van der Waals surface area (Å²) in [5.74, 6) is -0.782. The van der Waals surface area contributed by atoms with Crippen LogP contribution in [-0.2, 0) is 4.74 Å². The highest BCUT2D eigenvalue weighted by atomic mass is 19.1. The average molecular weight is 539 g/mol. The summed E-state index contributed by atoms with van der Waals surface area (Å²) in [7, 11) is 0. The fourth-order valence-electron chi connectivity index (χ4n) is 5.49. The van der Waals surface area contributed by atoms with E-state index in [2.05, 4.69) is 9.88 Å². The van der Waals surface area contributed by atoms with Crippen LogP contribution in [0.4, 0.5) is 24.7 Å². The number of imidazole rings is 1. The first-order chi connectivity index (χ1) is 18.8. The number of aliphatic hydroxyl groups excluding tert-OH is 1. The van der Waals surface area contributed by atoms with Gasteiger partial charge in [0.2, 0.25) is 0 Å². The molecular weight excluding hydrogens is 509 g/mol. The van der Waals surface area contributed by atoms with E-state index in [1.807, 2.05) is 4.90 Å². The van der Waals surface area contributed by atoms with Crippen molar-refractivity contribution < 1.29 is 23.0 Å². The second-order valence-corrected chi connectivity index (χ2v) is 10.1. The van der Waals surface area contributed by atoms with Crippen LogP contribution in [-0.4, -0.2) is 71.6 Å². The maximum Gasteiger partial charge on any atom is 0.144 e. The predicted octanol–water partition coefficient (Wildman–Crippen LogP) is 3.75. The van der Waals surface area contributed by atoms with E-state index in [4.69, 9.17) is 20.4 Å². The zero-order valence-electron chi connectivity index (χ0n) is 21.4. The number of H-pyrrole nitrogens is 1. The highest BCUT2D eigenvalue weighted by molar-refractivity contribution is 5.96. The van der Waals surface area contributed by atoms with E-state index in [-0.39, 0.29) is 12.4 Å². The maximum atomic E-state index is 14.4. The van der Waals surface area contributed by atoms with Crippen LogP contribution in [0.3, 0.4) is 0 Å². The third-order valence-corrected chi connectivity index (χ3v) is 7.44. The summed E-state index contributed by atoms with van der Waals surface area (Å²) in [5.41, 5.74) is 9.89. The number of rotatable bonds is 4. The van der Waals surface area contributed by atoms with Crippen molar-refractivity contribution in [2.45, 2.75) is 25.5 Å². The molecule has 4 heterocycles. The molecule has 2 aromatic carbocycles. The zero-order valence-corrected chi connectivity index (χ0v) is 21.4. The van der Waals surface area contributed by atoms with Crippen molar-refractivity contribution in [1.29, 1.82) is 0 Å². The van der Waals surface area contributed by atoms with Crippen LogP contribution in [0.1, 0.15) is 12.0 Å². The Bertz CT molecular complexity index is 1520. The lowest BCUT2D eigenvalue weighted by Crippen LogP contribution is -2.51. The van der Waals surface area contributed by atoms with Crippen LogP contribution in [0.15, 0.2) is 36.5 Å². The molecule has 0 aliphatic carbocycles. The van der Waals surface area contributed by atoms with Crippen LogP contribution >= 0.6 is 0 Å². The monoisotopic (exact) mass is 538 g/mol. The van der Waals surface area contributed by atoms with Gasteiger partial charge in [-0.25, -0.2) is 23.1 Å². The topological polar surface area (TPSA) is 104 Å². The number of aromatic amines is 1. The number of aliphatic hydroxyl groups is 1. The number of morpholine rings is 1. The minimum absolute atomic E-state index is 0.208. The van der Waals surface area contributed by atoms with Crippen molar-refractivity contribution in [2.24, 2.45) is 5.73 Å². The normalized spacial score (nSPS) is 20.2. The first kappa shape index (κ1) is 25.6. The number of hydrogen-bond acceptors (Lipinski definition) is 7. The number of nitrogens with one attached hydrogen (secondary N) is 1. The lowest BCUT2D eigenvalue weighted by atomic mass is 9.96. The highest BCUT2D eigenvalue weighted by Gasteiger charge is 2.32. The van der Waals surface area contributed by atoms with Gasteiger partial charge in [0.05, 0.1) is 41.6 Å². The second kappa shape index (κ2) is 10.1. The molecule has 2 aliphatic rings. The fraction of sp³-hybridized carbons (Fsp3) is 0.357. The summed E-state index contributed by atoms with van der Waals surface area (Å²) in [6, 6.07) is 5.74. The quantitative estimate of drug-likeness (QED) is 0.364. The van der Waals surface area contributed by atoms with E-state index >= 15 is 0 Å². The third-order valence-electron chi connectivity index (χ3n) is 7.44. The number of β-amino-alcohol motifs (C(OH)–C–C–N with tert-alkyl or cyclic N) is 1. The van der Waals surface area contributed by atoms with Crippen LogP contribution in [0.5, 0.6) is 0 Å². The molecule has 204 valence electrons. The van der Waals surface area contributed by atoms with Gasteiger partial charge in [0, 0.05) is 50.0 Å². The molecule has 2 saturated heterocycles. The number of fused-ring (bicyclic) bond motifs is 1. The molecule has 0 radical (unpaired) electrons. The Kier molecular flexibility index (Phi) is 6.66. The second-order valence-electron chi connectivity index (χ2n) is 10.1. The summed E-state index contributed by atoms with van der Waals surface area (Å²) in [6.07, 6.45) is 1.31. The number of nitrogens with two attached hydrogens (primary N) is 1. The molecule has 2 aliphatic heterocycles. The van der Waals surface area contributed by atoms with E-state index in [1.165, 1.54) is 24.3 Å². The van der Waals surface area contributed by atoms with Gasteiger partial charge in [0.25, 0.3) is 0 Å². The van der Waals surface area contributed by atoms with Crippen LogP contribution in [0.2, 0.25) is 0 Å². The van der Waals surface area contributed by atoms with Crippen molar-refractivity contribution in [1.82, 2.24) is 15.0 Å². The molecule has 0 amide bonds. The zero-order chi connectivity index (χ0) is 27.3.